The van der Waals surface area contributed by atoms with E-state index >= 15 is 0 Å². The predicted molar refractivity (Wildman–Crippen MR) is 148 cm³/mol. The standard InChI is InChI=1S/C30H36N6O3/c1-3-27-29-31-26(18-23-12-6-4-7-13-23)30(39-29)34(19-24-14-8-5-9-15-24)20-25-21-35(33-32-25)16-10-11-17-36(27)28(37)22-38-2/h4-9,12-15,21,27H,3,10-11,16-20,22H2,1-2H3. The molecule has 1 aliphatic rings. The number of aryl methyl sites for hydroxylation is 1. The maximum absolute atomic E-state index is 13.2. The third-order valence-corrected chi connectivity index (χ3v) is 7.02. The zero-order chi connectivity index (χ0) is 27.0. The summed E-state index contributed by atoms with van der Waals surface area (Å²) < 4.78 is 13.8. The van der Waals surface area contributed by atoms with E-state index in [-0.39, 0.29) is 18.6 Å². The van der Waals surface area contributed by atoms with E-state index in [1.807, 2.05) is 52.2 Å². The van der Waals surface area contributed by atoms with E-state index in [4.69, 9.17) is 14.1 Å². The normalized spacial score (nSPS) is 16.2. The van der Waals surface area contributed by atoms with Crippen LogP contribution in [-0.4, -0.2) is 51.0 Å². The lowest BCUT2D eigenvalue weighted by Gasteiger charge is -2.29. The second-order valence-electron chi connectivity index (χ2n) is 9.93. The molecule has 0 saturated heterocycles. The largest absolute Gasteiger partial charge is 0.423 e. The molecule has 4 bridgehead atoms. The van der Waals surface area contributed by atoms with Gasteiger partial charge in [-0.05, 0) is 30.4 Å². The van der Waals surface area contributed by atoms with Gasteiger partial charge >= 0.3 is 0 Å². The quantitative estimate of drug-likeness (QED) is 0.341. The highest BCUT2D eigenvalue weighted by molar-refractivity contribution is 5.77. The van der Waals surface area contributed by atoms with Crippen LogP contribution >= 0.6 is 0 Å². The molecule has 0 saturated carbocycles. The van der Waals surface area contributed by atoms with Crippen molar-refractivity contribution in [1.29, 1.82) is 0 Å². The Balaban J connectivity index is 1.61. The van der Waals surface area contributed by atoms with Crippen molar-refractivity contribution in [2.75, 3.05) is 25.2 Å². The van der Waals surface area contributed by atoms with Crippen LogP contribution in [0, 0.1) is 0 Å². The number of methoxy groups -OCH3 is 1. The van der Waals surface area contributed by atoms with Gasteiger partial charge in [0.05, 0.1) is 12.7 Å². The van der Waals surface area contributed by atoms with Gasteiger partial charge in [-0.1, -0.05) is 72.8 Å². The highest BCUT2D eigenvalue weighted by Crippen LogP contribution is 2.33. The summed E-state index contributed by atoms with van der Waals surface area (Å²) in [4.78, 5) is 22.3. The van der Waals surface area contributed by atoms with Crippen molar-refractivity contribution in [2.45, 2.75) is 58.3 Å². The van der Waals surface area contributed by atoms with Gasteiger partial charge in [0.2, 0.25) is 17.7 Å². The smallest absolute Gasteiger partial charge is 0.249 e. The fourth-order valence-corrected chi connectivity index (χ4v) is 5.12. The molecule has 1 unspecified atom stereocenters. The second-order valence-corrected chi connectivity index (χ2v) is 9.93. The van der Waals surface area contributed by atoms with Crippen molar-refractivity contribution in [2.24, 2.45) is 0 Å². The fraction of sp³-hybridized carbons (Fsp3) is 0.400. The lowest BCUT2D eigenvalue weighted by atomic mass is 10.1. The first-order chi connectivity index (χ1) is 19.1. The van der Waals surface area contributed by atoms with E-state index in [1.54, 1.807) is 7.11 Å². The summed E-state index contributed by atoms with van der Waals surface area (Å²) in [7, 11) is 1.55. The molecule has 39 heavy (non-hydrogen) atoms. The lowest BCUT2D eigenvalue weighted by molar-refractivity contribution is -0.138. The van der Waals surface area contributed by atoms with E-state index in [9.17, 15) is 4.79 Å². The average molecular weight is 529 g/mol. The van der Waals surface area contributed by atoms with Gasteiger partial charge in [0.1, 0.15) is 24.0 Å². The van der Waals surface area contributed by atoms with Gasteiger partial charge in [-0.2, -0.15) is 0 Å². The highest BCUT2D eigenvalue weighted by atomic mass is 16.5. The van der Waals surface area contributed by atoms with Crippen LogP contribution in [0.15, 0.2) is 71.3 Å². The molecular weight excluding hydrogens is 492 g/mol. The molecule has 9 nitrogen and oxygen atoms in total. The molecular formula is C30H36N6O3. The van der Waals surface area contributed by atoms with Crippen LogP contribution in [0.25, 0.3) is 0 Å². The van der Waals surface area contributed by atoms with Crippen LogP contribution in [0.1, 0.15) is 60.6 Å². The number of carbonyl (C=O) groups excluding carboxylic acids is 1. The van der Waals surface area contributed by atoms with E-state index in [1.165, 1.54) is 0 Å². The van der Waals surface area contributed by atoms with Crippen LogP contribution in [0.4, 0.5) is 5.88 Å². The number of benzene rings is 2. The first-order valence-electron chi connectivity index (χ1n) is 13.6. The summed E-state index contributed by atoms with van der Waals surface area (Å²) in [5, 5.41) is 8.83. The van der Waals surface area contributed by atoms with Gasteiger partial charge < -0.3 is 19.0 Å². The minimum absolute atomic E-state index is 0.0213. The van der Waals surface area contributed by atoms with Crippen LogP contribution in [-0.2, 0) is 35.6 Å². The Morgan fingerprint density at radius 3 is 2.46 bits per heavy atom. The Labute approximate surface area is 229 Å². The lowest BCUT2D eigenvalue weighted by Crippen LogP contribution is -2.38. The zero-order valence-corrected chi connectivity index (χ0v) is 22.7. The van der Waals surface area contributed by atoms with E-state index in [0.29, 0.717) is 44.3 Å². The number of ether oxygens (including phenoxy) is 1. The fourth-order valence-electron chi connectivity index (χ4n) is 5.12. The summed E-state index contributed by atoms with van der Waals surface area (Å²) in [6.45, 7) is 4.56. The maximum atomic E-state index is 13.2. The van der Waals surface area contributed by atoms with Gasteiger partial charge in [0.15, 0.2) is 0 Å². The van der Waals surface area contributed by atoms with E-state index in [2.05, 4.69) is 46.4 Å². The molecule has 204 valence electrons. The van der Waals surface area contributed by atoms with Crippen LogP contribution in [0.2, 0.25) is 0 Å². The third-order valence-electron chi connectivity index (χ3n) is 7.02. The molecule has 1 atom stereocenters. The Hall–Kier alpha value is -3.98. The Morgan fingerprint density at radius 1 is 1.03 bits per heavy atom. The minimum atomic E-state index is -0.289. The number of oxazole rings is 1. The molecule has 4 aromatic rings. The molecule has 1 aliphatic heterocycles. The number of hydrogen-bond donors (Lipinski definition) is 0. The molecule has 0 radical (unpaired) electrons. The molecule has 3 heterocycles. The number of aromatic nitrogens is 4. The first kappa shape index (κ1) is 26.6. The summed E-state index contributed by atoms with van der Waals surface area (Å²) >= 11 is 0. The van der Waals surface area contributed by atoms with Crippen molar-refractivity contribution in [3.63, 3.8) is 0 Å². The van der Waals surface area contributed by atoms with Gasteiger partial charge in [-0.25, -0.2) is 4.98 Å². The molecule has 0 spiro atoms. The summed E-state index contributed by atoms with van der Waals surface area (Å²) in [6.07, 6.45) is 4.99. The number of rotatable bonds is 7. The van der Waals surface area contributed by atoms with Crippen molar-refractivity contribution in [3.05, 3.63) is 95.3 Å². The average Bonchev–Trinajstić information content (AvgIpc) is 3.57. The Kier molecular flexibility index (Phi) is 8.68. The third kappa shape index (κ3) is 6.54. The molecule has 0 fully saturated rings. The molecule has 0 N–H and O–H groups in total. The summed E-state index contributed by atoms with van der Waals surface area (Å²) in [5.74, 6) is 1.19. The molecule has 5 rings (SSSR count). The summed E-state index contributed by atoms with van der Waals surface area (Å²) in [6, 6.07) is 20.3. The Bertz CT molecular complexity index is 1340. The van der Waals surface area contributed by atoms with Crippen molar-refractivity contribution >= 4 is 11.8 Å². The number of hydrogen-bond acceptors (Lipinski definition) is 7. The molecule has 0 aliphatic carbocycles. The second kappa shape index (κ2) is 12.7. The van der Waals surface area contributed by atoms with Gasteiger partial charge in [0.25, 0.3) is 0 Å². The maximum Gasteiger partial charge on any atom is 0.249 e. The minimum Gasteiger partial charge on any atom is -0.423 e. The number of anilines is 1. The summed E-state index contributed by atoms with van der Waals surface area (Å²) in [5.41, 5.74) is 4.00. The zero-order valence-electron chi connectivity index (χ0n) is 22.7. The van der Waals surface area contributed by atoms with Gasteiger partial charge in [-0.3, -0.25) is 9.48 Å². The monoisotopic (exact) mass is 528 g/mol. The van der Waals surface area contributed by atoms with Crippen molar-refractivity contribution in [3.8, 4) is 0 Å². The van der Waals surface area contributed by atoms with E-state index < -0.39 is 0 Å². The molecule has 2 aromatic carbocycles. The molecule has 9 heteroatoms. The van der Waals surface area contributed by atoms with Crippen molar-refractivity contribution in [1.82, 2.24) is 24.9 Å². The number of nitrogens with zero attached hydrogens (tertiary/aromatic N) is 6. The number of carbonyl (C=O) groups is 1. The SMILES string of the molecule is CCC1c2nc(Cc3ccccc3)c(o2)N(Cc2ccccc2)Cc2cn(nn2)CCCCN1C(=O)COC. The molecule has 2 aromatic heterocycles. The van der Waals surface area contributed by atoms with Crippen LogP contribution in [0.3, 0.4) is 0 Å². The molecule has 1 amide bonds. The predicted octanol–water partition coefficient (Wildman–Crippen LogP) is 4.78. The Morgan fingerprint density at radius 2 is 1.74 bits per heavy atom. The van der Waals surface area contributed by atoms with Crippen LogP contribution in [0.5, 0.6) is 0 Å². The highest BCUT2D eigenvalue weighted by Gasteiger charge is 2.31. The van der Waals surface area contributed by atoms with E-state index in [0.717, 1.165) is 41.9 Å². The van der Waals surface area contributed by atoms with Gasteiger partial charge in [0, 0.05) is 33.2 Å². The van der Waals surface area contributed by atoms with Crippen molar-refractivity contribution < 1.29 is 13.9 Å². The first-order valence-corrected chi connectivity index (χ1v) is 13.6. The number of fused-ring (bicyclic) bond motifs is 4. The van der Waals surface area contributed by atoms with Gasteiger partial charge in [-0.15, -0.1) is 5.10 Å². The van der Waals surface area contributed by atoms with Crippen LogP contribution < -0.4 is 4.90 Å². The number of amides is 1. The topological polar surface area (TPSA) is 89.5 Å².